The summed E-state index contributed by atoms with van der Waals surface area (Å²) in [6.45, 7) is 0. The quantitative estimate of drug-likeness (QED) is 0.147. The van der Waals surface area contributed by atoms with Gasteiger partial charge in [0.1, 0.15) is 0 Å². The smallest absolute Gasteiger partial charge is 0.171 e. The van der Waals surface area contributed by atoms with E-state index in [-0.39, 0.29) is 0 Å². The molecule has 256 valence electrons. The summed E-state index contributed by atoms with van der Waals surface area (Å²) >= 11 is 0. The molecular formula is C50H35N2OP. The molecule has 0 aliphatic heterocycles. The van der Waals surface area contributed by atoms with E-state index in [4.69, 9.17) is 9.97 Å². The first-order chi connectivity index (χ1) is 26.6. The molecule has 0 N–H and O–H groups in total. The van der Waals surface area contributed by atoms with Gasteiger partial charge in [-0.2, -0.15) is 0 Å². The number of hydrogen-bond acceptors (Lipinski definition) is 3. The standard InChI is InChI=1S/C50H35N2OP/c53-54(45-17-9-3-10-18-45,46-19-11-4-12-20-46)47-31-29-37(30-32-47)42-26-28-43-33-41(25-27-44(43)34-42)36-21-23-40(24-22-36)50-51-48(38-13-5-1-6-14-38)35-49(52-50)39-15-7-2-8-16-39/h1-35H. The van der Waals surface area contributed by atoms with Crippen molar-refractivity contribution in [3.63, 3.8) is 0 Å². The van der Waals surface area contributed by atoms with Crippen molar-refractivity contribution in [3.8, 4) is 56.2 Å². The Labute approximate surface area is 315 Å². The fraction of sp³-hybridized carbons (Fsp3) is 0. The minimum absolute atomic E-state index is 0.698. The molecule has 0 radical (unpaired) electrons. The molecule has 0 aliphatic rings. The second kappa shape index (κ2) is 14.4. The second-order valence-corrected chi connectivity index (χ2v) is 16.1. The maximum Gasteiger partial charge on any atom is 0.171 e. The molecule has 0 saturated heterocycles. The summed E-state index contributed by atoms with van der Waals surface area (Å²) in [5.74, 6) is 0.698. The van der Waals surface area contributed by atoms with Crippen LogP contribution < -0.4 is 15.9 Å². The lowest BCUT2D eigenvalue weighted by Gasteiger charge is -2.20. The summed E-state index contributed by atoms with van der Waals surface area (Å²) < 4.78 is 14.8. The summed E-state index contributed by atoms with van der Waals surface area (Å²) in [4.78, 5) is 9.99. The van der Waals surface area contributed by atoms with Crippen LogP contribution in [0.25, 0.3) is 66.9 Å². The number of hydrogen-bond donors (Lipinski definition) is 0. The summed E-state index contributed by atoms with van der Waals surface area (Å²) in [6.07, 6.45) is 0. The van der Waals surface area contributed by atoms with Crippen molar-refractivity contribution in [3.05, 3.63) is 212 Å². The molecule has 9 rings (SSSR count). The highest BCUT2D eigenvalue weighted by Crippen LogP contribution is 2.42. The van der Waals surface area contributed by atoms with Gasteiger partial charge in [0, 0.05) is 32.6 Å². The largest absolute Gasteiger partial charge is 0.309 e. The zero-order valence-electron chi connectivity index (χ0n) is 29.5. The third kappa shape index (κ3) is 6.47. The van der Waals surface area contributed by atoms with Gasteiger partial charge in [0.2, 0.25) is 0 Å². The van der Waals surface area contributed by atoms with Gasteiger partial charge in [0.15, 0.2) is 13.0 Å². The van der Waals surface area contributed by atoms with E-state index in [0.29, 0.717) is 5.82 Å². The van der Waals surface area contributed by atoms with Crippen molar-refractivity contribution in [2.24, 2.45) is 0 Å². The van der Waals surface area contributed by atoms with Crippen LogP contribution in [0.1, 0.15) is 0 Å². The molecular weight excluding hydrogens is 676 g/mol. The highest BCUT2D eigenvalue weighted by Gasteiger charge is 2.29. The van der Waals surface area contributed by atoms with E-state index in [1.54, 1.807) is 0 Å². The van der Waals surface area contributed by atoms with Gasteiger partial charge >= 0.3 is 0 Å². The van der Waals surface area contributed by atoms with Gasteiger partial charge in [0.25, 0.3) is 0 Å². The molecule has 9 aromatic rings. The Hall–Kier alpha value is -6.67. The van der Waals surface area contributed by atoms with Gasteiger partial charge in [-0.1, -0.05) is 194 Å². The Kier molecular flexibility index (Phi) is 8.84. The van der Waals surface area contributed by atoms with Crippen molar-refractivity contribution in [2.45, 2.75) is 0 Å². The monoisotopic (exact) mass is 710 g/mol. The molecule has 0 unspecified atom stereocenters. The maximum absolute atomic E-state index is 14.8. The minimum atomic E-state index is -3.02. The van der Waals surface area contributed by atoms with Gasteiger partial charge in [-0.3, -0.25) is 0 Å². The van der Waals surface area contributed by atoms with Crippen molar-refractivity contribution < 1.29 is 4.57 Å². The molecule has 1 aromatic heterocycles. The van der Waals surface area contributed by atoms with Crippen LogP contribution in [-0.4, -0.2) is 9.97 Å². The molecule has 0 saturated carbocycles. The van der Waals surface area contributed by atoms with Crippen LogP contribution >= 0.6 is 7.14 Å². The first-order valence-electron chi connectivity index (χ1n) is 18.1. The topological polar surface area (TPSA) is 42.9 Å². The number of rotatable bonds is 8. The van der Waals surface area contributed by atoms with Gasteiger partial charge < -0.3 is 4.57 Å². The number of benzene rings is 8. The van der Waals surface area contributed by atoms with Crippen molar-refractivity contribution in [2.75, 3.05) is 0 Å². The fourth-order valence-electron chi connectivity index (χ4n) is 7.09. The lowest BCUT2D eigenvalue weighted by Crippen LogP contribution is -2.24. The molecule has 1 heterocycles. The first-order valence-corrected chi connectivity index (χ1v) is 19.8. The lowest BCUT2D eigenvalue weighted by atomic mass is 9.97. The normalized spacial score (nSPS) is 11.4. The van der Waals surface area contributed by atoms with E-state index in [1.807, 2.05) is 109 Å². The zero-order valence-corrected chi connectivity index (χ0v) is 30.4. The Balaban J connectivity index is 0.992. The summed E-state index contributed by atoms with van der Waals surface area (Å²) in [6, 6.07) is 72.1. The Morgan fingerprint density at radius 3 is 1.09 bits per heavy atom. The second-order valence-electron chi connectivity index (χ2n) is 13.4. The van der Waals surface area contributed by atoms with E-state index in [9.17, 15) is 4.57 Å². The van der Waals surface area contributed by atoms with E-state index < -0.39 is 7.14 Å². The van der Waals surface area contributed by atoms with Crippen LogP contribution in [0.5, 0.6) is 0 Å². The van der Waals surface area contributed by atoms with Gasteiger partial charge in [-0.15, -0.1) is 0 Å². The van der Waals surface area contributed by atoms with E-state index >= 15 is 0 Å². The molecule has 0 atom stereocenters. The maximum atomic E-state index is 14.8. The van der Waals surface area contributed by atoms with Crippen LogP contribution in [0.4, 0.5) is 0 Å². The molecule has 0 spiro atoms. The molecule has 8 aromatic carbocycles. The highest BCUT2D eigenvalue weighted by atomic mass is 31.2. The Morgan fingerprint density at radius 1 is 0.296 bits per heavy atom. The first kappa shape index (κ1) is 33.2. The average Bonchev–Trinajstić information content (AvgIpc) is 3.27. The number of nitrogens with zero attached hydrogens (tertiary/aromatic N) is 2. The van der Waals surface area contributed by atoms with Gasteiger partial charge in [0.05, 0.1) is 11.4 Å². The molecule has 0 bridgehead atoms. The van der Waals surface area contributed by atoms with Gasteiger partial charge in [-0.05, 0) is 51.2 Å². The zero-order chi connectivity index (χ0) is 36.3. The lowest BCUT2D eigenvalue weighted by molar-refractivity contribution is 0.592. The molecule has 4 heteroatoms. The predicted octanol–water partition coefficient (Wildman–Crippen LogP) is 11.6. The van der Waals surface area contributed by atoms with Crippen LogP contribution in [0, 0.1) is 0 Å². The predicted molar refractivity (Wildman–Crippen MR) is 226 cm³/mol. The summed E-state index contributed by atoms with van der Waals surface area (Å²) in [7, 11) is -3.02. The SMILES string of the molecule is O=P(c1ccccc1)(c1ccccc1)c1ccc(-c2ccc3cc(-c4ccc(-c5nc(-c6ccccc6)cc(-c6ccccc6)n5)cc4)ccc3c2)cc1. The molecule has 0 aliphatic carbocycles. The van der Waals surface area contributed by atoms with Crippen LogP contribution in [0.15, 0.2) is 212 Å². The Bertz CT molecular complexity index is 2650. The average molecular weight is 711 g/mol. The summed E-state index contributed by atoms with van der Waals surface area (Å²) in [5.41, 5.74) is 9.35. The van der Waals surface area contributed by atoms with Crippen molar-refractivity contribution >= 4 is 33.8 Å². The van der Waals surface area contributed by atoms with Gasteiger partial charge in [-0.25, -0.2) is 9.97 Å². The van der Waals surface area contributed by atoms with E-state index in [0.717, 1.165) is 71.6 Å². The Morgan fingerprint density at radius 2 is 0.648 bits per heavy atom. The van der Waals surface area contributed by atoms with Crippen molar-refractivity contribution in [1.82, 2.24) is 9.97 Å². The molecule has 54 heavy (non-hydrogen) atoms. The number of fused-ring (bicyclic) bond motifs is 1. The molecule has 0 fully saturated rings. The van der Waals surface area contributed by atoms with Crippen LogP contribution in [0.2, 0.25) is 0 Å². The third-order valence-corrected chi connectivity index (χ3v) is 13.1. The molecule has 3 nitrogen and oxygen atoms in total. The fourth-order valence-corrected chi connectivity index (χ4v) is 9.74. The van der Waals surface area contributed by atoms with E-state index in [1.165, 1.54) is 5.39 Å². The van der Waals surface area contributed by atoms with Crippen LogP contribution in [-0.2, 0) is 4.57 Å². The summed E-state index contributed by atoms with van der Waals surface area (Å²) in [5, 5.41) is 4.83. The van der Waals surface area contributed by atoms with E-state index in [2.05, 4.69) is 103 Å². The molecule has 0 amide bonds. The highest BCUT2D eigenvalue weighted by molar-refractivity contribution is 7.85. The van der Waals surface area contributed by atoms with Crippen LogP contribution in [0.3, 0.4) is 0 Å². The number of aromatic nitrogens is 2. The third-order valence-electron chi connectivity index (χ3n) is 9.99. The minimum Gasteiger partial charge on any atom is -0.309 e. The van der Waals surface area contributed by atoms with Crippen molar-refractivity contribution in [1.29, 1.82) is 0 Å².